The Hall–Kier alpha value is -2.41. The molecule has 1 amide bonds. The molecule has 7 nitrogen and oxygen atoms in total. The second kappa shape index (κ2) is 6.37. The van der Waals surface area contributed by atoms with Crippen molar-refractivity contribution in [2.24, 2.45) is 0 Å². The van der Waals surface area contributed by atoms with Gasteiger partial charge in [-0.25, -0.2) is 0 Å². The molecule has 2 aliphatic rings. The Morgan fingerprint density at radius 3 is 2.61 bits per heavy atom. The standard InChI is InChI=1S/C16H19N3O4/c1-12-11-13(4-5-14(12)19(21)22)18-6-2-3-15(16(18)20)17-7-9-23-10-8-17/h3-5,11H,2,6-10H2,1H3. The van der Waals surface area contributed by atoms with Crippen molar-refractivity contribution < 1.29 is 14.5 Å². The first-order valence-electron chi connectivity index (χ1n) is 7.67. The molecule has 0 saturated carbocycles. The van der Waals surface area contributed by atoms with Gasteiger partial charge < -0.3 is 14.5 Å². The van der Waals surface area contributed by atoms with Crippen LogP contribution in [0.15, 0.2) is 30.0 Å². The largest absolute Gasteiger partial charge is 0.378 e. The molecule has 0 unspecified atom stereocenters. The number of rotatable bonds is 3. The van der Waals surface area contributed by atoms with Gasteiger partial charge in [-0.15, -0.1) is 0 Å². The van der Waals surface area contributed by atoms with Gasteiger partial charge >= 0.3 is 0 Å². The minimum atomic E-state index is -0.407. The summed E-state index contributed by atoms with van der Waals surface area (Å²) in [5, 5.41) is 10.9. The van der Waals surface area contributed by atoms with E-state index in [9.17, 15) is 14.9 Å². The van der Waals surface area contributed by atoms with Gasteiger partial charge in [-0.05, 0) is 25.5 Å². The lowest BCUT2D eigenvalue weighted by Gasteiger charge is -2.35. The molecule has 0 bridgehead atoms. The van der Waals surface area contributed by atoms with E-state index in [-0.39, 0.29) is 11.6 Å². The van der Waals surface area contributed by atoms with E-state index in [0.29, 0.717) is 49.8 Å². The number of aryl methyl sites for hydroxylation is 1. The van der Waals surface area contributed by atoms with Crippen LogP contribution >= 0.6 is 0 Å². The van der Waals surface area contributed by atoms with E-state index in [1.165, 1.54) is 6.07 Å². The zero-order chi connectivity index (χ0) is 16.4. The predicted molar refractivity (Wildman–Crippen MR) is 85.3 cm³/mol. The van der Waals surface area contributed by atoms with Crippen molar-refractivity contribution in [2.75, 3.05) is 37.7 Å². The van der Waals surface area contributed by atoms with Crippen molar-refractivity contribution in [1.29, 1.82) is 0 Å². The Balaban J connectivity index is 1.83. The lowest BCUT2D eigenvalue weighted by atomic mass is 10.1. The molecule has 1 saturated heterocycles. The van der Waals surface area contributed by atoms with E-state index < -0.39 is 4.92 Å². The number of carbonyl (C=O) groups excluding carboxylic acids is 1. The minimum absolute atomic E-state index is 0.0496. The van der Waals surface area contributed by atoms with Crippen LogP contribution in [0, 0.1) is 17.0 Å². The van der Waals surface area contributed by atoms with E-state index in [0.717, 1.165) is 6.42 Å². The highest BCUT2D eigenvalue weighted by atomic mass is 16.6. The number of amides is 1. The number of ether oxygens (including phenoxy) is 1. The molecule has 23 heavy (non-hydrogen) atoms. The Labute approximate surface area is 134 Å². The van der Waals surface area contributed by atoms with E-state index in [1.807, 2.05) is 6.08 Å². The molecular weight excluding hydrogens is 298 g/mol. The third-order valence-corrected chi connectivity index (χ3v) is 4.20. The third kappa shape index (κ3) is 3.05. The number of hydrogen-bond acceptors (Lipinski definition) is 5. The van der Waals surface area contributed by atoms with Crippen LogP contribution in [0.5, 0.6) is 0 Å². The minimum Gasteiger partial charge on any atom is -0.378 e. The number of hydrogen-bond donors (Lipinski definition) is 0. The van der Waals surface area contributed by atoms with Gasteiger partial charge in [0.1, 0.15) is 0 Å². The second-order valence-corrected chi connectivity index (χ2v) is 5.66. The van der Waals surface area contributed by atoms with Crippen molar-refractivity contribution in [1.82, 2.24) is 4.90 Å². The van der Waals surface area contributed by atoms with Crippen LogP contribution in [-0.4, -0.2) is 48.6 Å². The number of morpholine rings is 1. The van der Waals surface area contributed by atoms with Gasteiger partial charge in [-0.3, -0.25) is 14.9 Å². The number of benzene rings is 1. The molecule has 0 radical (unpaired) electrons. The first-order valence-corrected chi connectivity index (χ1v) is 7.67. The van der Waals surface area contributed by atoms with Crippen LogP contribution in [0.25, 0.3) is 0 Å². The van der Waals surface area contributed by atoms with E-state index in [4.69, 9.17) is 4.74 Å². The number of nitro benzene ring substituents is 1. The average molecular weight is 317 g/mol. The lowest BCUT2D eigenvalue weighted by Crippen LogP contribution is -2.45. The van der Waals surface area contributed by atoms with Crippen LogP contribution in [0.1, 0.15) is 12.0 Å². The summed E-state index contributed by atoms with van der Waals surface area (Å²) < 4.78 is 5.33. The lowest BCUT2D eigenvalue weighted by molar-refractivity contribution is -0.385. The van der Waals surface area contributed by atoms with Gasteiger partial charge in [-0.2, -0.15) is 0 Å². The topological polar surface area (TPSA) is 75.9 Å². The SMILES string of the molecule is Cc1cc(N2CCC=C(N3CCOCC3)C2=O)ccc1[N+](=O)[O-]. The normalized spacial score (nSPS) is 18.8. The number of nitro groups is 1. The van der Waals surface area contributed by atoms with Gasteiger partial charge in [0, 0.05) is 37.0 Å². The summed E-state index contributed by atoms with van der Waals surface area (Å²) in [6.07, 6.45) is 2.75. The van der Waals surface area contributed by atoms with Crippen molar-refractivity contribution in [3.8, 4) is 0 Å². The van der Waals surface area contributed by atoms with Gasteiger partial charge in [-0.1, -0.05) is 6.08 Å². The molecule has 0 aliphatic carbocycles. The van der Waals surface area contributed by atoms with Crippen molar-refractivity contribution in [3.63, 3.8) is 0 Å². The van der Waals surface area contributed by atoms with Crippen LogP contribution in [0.3, 0.4) is 0 Å². The third-order valence-electron chi connectivity index (χ3n) is 4.20. The summed E-state index contributed by atoms with van der Waals surface area (Å²) in [5.74, 6) is -0.0496. The fourth-order valence-electron chi connectivity index (χ4n) is 2.98. The molecule has 1 aromatic carbocycles. The highest BCUT2D eigenvalue weighted by molar-refractivity contribution is 6.06. The van der Waals surface area contributed by atoms with Crippen LogP contribution in [0.4, 0.5) is 11.4 Å². The summed E-state index contributed by atoms with van der Waals surface area (Å²) in [7, 11) is 0. The number of anilines is 1. The highest BCUT2D eigenvalue weighted by Crippen LogP contribution is 2.28. The van der Waals surface area contributed by atoms with E-state index in [2.05, 4.69) is 4.90 Å². The Morgan fingerprint density at radius 1 is 1.22 bits per heavy atom. The maximum Gasteiger partial charge on any atom is 0.274 e. The summed E-state index contributed by atoms with van der Waals surface area (Å²) in [6.45, 7) is 4.95. The molecule has 1 aromatic rings. The summed E-state index contributed by atoms with van der Waals surface area (Å²) in [6, 6.07) is 4.81. The molecule has 1 fully saturated rings. The first kappa shape index (κ1) is 15.5. The van der Waals surface area contributed by atoms with Gasteiger partial charge in [0.15, 0.2) is 0 Å². The Kier molecular flexibility index (Phi) is 4.29. The maximum atomic E-state index is 12.8. The van der Waals surface area contributed by atoms with Crippen LogP contribution < -0.4 is 4.90 Å². The van der Waals surface area contributed by atoms with E-state index >= 15 is 0 Å². The predicted octanol–water partition coefficient (Wildman–Crippen LogP) is 1.86. The van der Waals surface area contributed by atoms with Crippen molar-refractivity contribution in [3.05, 3.63) is 45.6 Å². The number of nitrogens with zero attached hydrogens (tertiary/aromatic N) is 3. The van der Waals surface area contributed by atoms with Crippen molar-refractivity contribution >= 4 is 17.3 Å². The molecule has 3 rings (SSSR count). The molecule has 2 aliphatic heterocycles. The number of carbonyl (C=O) groups is 1. The molecule has 122 valence electrons. The molecular formula is C16H19N3O4. The molecule has 0 N–H and O–H groups in total. The fourth-order valence-corrected chi connectivity index (χ4v) is 2.98. The van der Waals surface area contributed by atoms with Gasteiger partial charge in [0.25, 0.3) is 11.6 Å². The zero-order valence-electron chi connectivity index (χ0n) is 13.0. The molecule has 2 heterocycles. The smallest absolute Gasteiger partial charge is 0.274 e. The van der Waals surface area contributed by atoms with E-state index in [1.54, 1.807) is 24.0 Å². The highest BCUT2D eigenvalue weighted by Gasteiger charge is 2.28. The molecule has 0 aromatic heterocycles. The first-order chi connectivity index (χ1) is 11.1. The fraction of sp³-hybridized carbons (Fsp3) is 0.438. The quantitative estimate of drug-likeness (QED) is 0.628. The van der Waals surface area contributed by atoms with Crippen LogP contribution in [-0.2, 0) is 9.53 Å². The maximum absolute atomic E-state index is 12.8. The summed E-state index contributed by atoms with van der Waals surface area (Å²) >= 11 is 0. The molecule has 0 spiro atoms. The molecule has 7 heteroatoms. The second-order valence-electron chi connectivity index (χ2n) is 5.66. The van der Waals surface area contributed by atoms with Gasteiger partial charge in [0.2, 0.25) is 0 Å². The monoisotopic (exact) mass is 317 g/mol. The van der Waals surface area contributed by atoms with Crippen LogP contribution in [0.2, 0.25) is 0 Å². The zero-order valence-corrected chi connectivity index (χ0v) is 13.0. The van der Waals surface area contributed by atoms with Crippen molar-refractivity contribution in [2.45, 2.75) is 13.3 Å². The summed E-state index contributed by atoms with van der Waals surface area (Å²) in [5.41, 5.74) is 2.04. The van der Waals surface area contributed by atoms with Gasteiger partial charge in [0.05, 0.1) is 23.8 Å². The average Bonchev–Trinajstić information content (AvgIpc) is 2.55. The Morgan fingerprint density at radius 2 is 1.96 bits per heavy atom. The summed E-state index contributed by atoms with van der Waals surface area (Å²) in [4.78, 5) is 27.1. The molecule has 0 atom stereocenters. The Bertz CT molecular complexity index is 665.